The highest BCUT2D eigenvalue weighted by atomic mass is 16.5. The molecule has 0 amide bonds. The van der Waals surface area contributed by atoms with Gasteiger partial charge in [0.25, 0.3) is 0 Å². The summed E-state index contributed by atoms with van der Waals surface area (Å²) in [5.41, 5.74) is 0. The molecule has 0 aliphatic heterocycles. The third kappa shape index (κ3) is 26.5. The Morgan fingerprint density at radius 2 is 1.91 bits per heavy atom. The molecule has 1 N–H and O–H groups in total. The van der Waals surface area contributed by atoms with Crippen LogP contribution in [-0.2, 0) is 9.53 Å². The quantitative estimate of drug-likeness (QED) is 0.623. The van der Waals surface area contributed by atoms with Crippen LogP contribution in [0.1, 0.15) is 34.1 Å². The first-order valence-electron chi connectivity index (χ1n) is 3.85. The van der Waals surface area contributed by atoms with Gasteiger partial charge < -0.3 is 9.84 Å². The fraction of sp³-hybridized carbons (Fsp3) is 0.875. The van der Waals surface area contributed by atoms with Gasteiger partial charge in [-0.15, -0.1) is 0 Å². The molecule has 0 spiro atoms. The van der Waals surface area contributed by atoms with Crippen LogP contribution in [0.3, 0.4) is 0 Å². The number of esters is 1. The van der Waals surface area contributed by atoms with Crippen LogP contribution in [0.15, 0.2) is 0 Å². The third-order valence-corrected chi connectivity index (χ3v) is 0.938. The minimum absolute atomic E-state index is 0.116. The molecule has 0 saturated carbocycles. The smallest absolute Gasteiger partial charge is 0.302 e. The van der Waals surface area contributed by atoms with Gasteiger partial charge in [0.15, 0.2) is 0 Å². The molecule has 0 heterocycles. The number of aliphatic hydroxyl groups is 1. The van der Waals surface area contributed by atoms with Gasteiger partial charge in [0, 0.05) is 6.92 Å². The Balaban J connectivity index is 0. The van der Waals surface area contributed by atoms with Crippen LogP contribution in [0, 0.1) is 0 Å². The largest absolute Gasteiger partial charge is 0.466 e. The minimum Gasteiger partial charge on any atom is -0.466 e. The molecular weight excluding hydrogens is 144 g/mol. The lowest BCUT2D eigenvalue weighted by molar-refractivity contribution is -0.140. The molecule has 0 radical (unpaired) electrons. The molecule has 0 fully saturated rings. The minimum atomic E-state index is -0.211. The monoisotopic (exact) mass is 162 g/mol. The Morgan fingerprint density at radius 3 is 1.91 bits per heavy atom. The summed E-state index contributed by atoms with van der Waals surface area (Å²) in [5, 5.41) is 8.36. The van der Waals surface area contributed by atoms with Crippen LogP contribution in [0.25, 0.3) is 0 Å². The van der Waals surface area contributed by atoms with Gasteiger partial charge in [-0.05, 0) is 20.3 Å². The average Bonchev–Trinajstić information content (AvgIpc) is 1.89. The van der Waals surface area contributed by atoms with E-state index in [0.29, 0.717) is 6.61 Å². The summed E-state index contributed by atoms with van der Waals surface area (Å²) in [7, 11) is 0. The van der Waals surface area contributed by atoms with E-state index in [9.17, 15) is 4.79 Å². The summed E-state index contributed by atoms with van der Waals surface area (Å²) in [6, 6.07) is 0. The second-order valence-corrected chi connectivity index (χ2v) is 2.18. The lowest BCUT2D eigenvalue weighted by Crippen LogP contribution is -1.95. The lowest BCUT2D eigenvalue weighted by Gasteiger charge is -1.90. The van der Waals surface area contributed by atoms with E-state index in [2.05, 4.69) is 4.74 Å². The van der Waals surface area contributed by atoms with Crippen molar-refractivity contribution in [3.05, 3.63) is 0 Å². The van der Waals surface area contributed by atoms with Crippen molar-refractivity contribution in [2.24, 2.45) is 0 Å². The molecule has 68 valence electrons. The standard InChI is InChI=1S/C4H8O2.C4H10O/c1-3-6-4(2)5;1-3-4(2)5/h3H2,1-2H3;4-5H,3H2,1-2H3. The number of rotatable bonds is 2. The second kappa shape index (κ2) is 9.43. The number of aliphatic hydroxyl groups excluding tert-OH is 1. The zero-order valence-corrected chi connectivity index (χ0v) is 7.76. The van der Waals surface area contributed by atoms with Crippen molar-refractivity contribution >= 4 is 5.97 Å². The zero-order chi connectivity index (χ0) is 9.28. The first-order chi connectivity index (χ1) is 5.04. The molecule has 0 aliphatic carbocycles. The molecular formula is C8H18O3. The molecule has 11 heavy (non-hydrogen) atoms. The fourth-order valence-corrected chi connectivity index (χ4v) is 0.203. The predicted molar refractivity (Wildman–Crippen MR) is 44.3 cm³/mol. The molecule has 3 nitrogen and oxygen atoms in total. The van der Waals surface area contributed by atoms with Gasteiger partial charge in [0.2, 0.25) is 0 Å². The van der Waals surface area contributed by atoms with Crippen molar-refractivity contribution in [1.29, 1.82) is 0 Å². The highest BCUT2D eigenvalue weighted by molar-refractivity contribution is 5.65. The maximum Gasteiger partial charge on any atom is 0.302 e. The molecule has 0 aromatic rings. The van der Waals surface area contributed by atoms with Crippen LogP contribution in [0.2, 0.25) is 0 Å². The molecule has 0 rings (SSSR count). The van der Waals surface area contributed by atoms with E-state index >= 15 is 0 Å². The van der Waals surface area contributed by atoms with E-state index in [4.69, 9.17) is 5.11 Å². The van der Waals surface area contributed by atoms with Crippen LogP contribution in [0.4, 0.5) is 0 Å². The number of ether oxygens (including phenoxy) is 1. The van der Waals surface area contributed by atoms with Crippen molar-refractivity contribution < 1.29 is 14.6 Å². The van der Waals surface area contributed by atoms with Crippen LogP contribution in [0.5, 0.6) is 0 Å². The number of carbonyl (C=O) groups is 1. The zero-order valence-electron chi connectivity index (χ0n) is 7.76. The van der Waals surface area contributed by atoms with Crippen molar-refractivity contribution in [3.8, 4) is 0 Å². The van der Waals surface area contributed by atoms with Crippen LogP contribution in [-0.4, -0.2) is 23.8 Å². The lowest BCUT2D eigenvalue weighted by atomic mass is 10.3. The summed E-state index contributed by atoms with van der Waals surface area (Å²) in [4.78, 5) is 9.82. The van der Waals surface area contributed by atoms with E-state index in [1.807, 2.05) is 6.92 Å². The van der Waals surface area contributed by atoms with Gasteiger partial charge in [0.1, 0.15) is 0 Å². The number of hydrogen-bond acceptors (Lipinski definition) is 3. The van der Waals surface area contributed by atoms with Gasteiger partial charge in [-0.3, -0.25) is 4.79 Å². The predicted octanol–water partition coefficient (Wildman–Crippen LogP) is 1.35. The van der Waals surface area contributed by atoms with Crippen molar-refractivity contribution in [1.82, 2.24) is 0 Å². The first kappa shape index (κ1) is 13.1. The van der Waals surface area contributed by atoms with Gasteiger partial charge in [-0.2, -0.15) is 0 Å². The molecule has 0 aromatic heterocycles. The highest BCUT2D eigenvalue weighted by Crippen LogP contribution is 1.81. The Labute approximate surface area is 68.4 Å². The fourth-order valence-electron chi connectivity index (χ4n) is 0.203. The second-order valence-electron chi connectivity index (χ2n) is 2.18. The maximum atomic E-state index is 9.82. The SMILES string of the molecule is CCC(C)O.CCOC(C)=O. The molecule has 0 saturated heterocycles. The summed E-state index contributed by atoms with van der Waals surface area (Å²) >= 11 is 0. The number of carbonyl (C=O) groups excluding carboxylic acids is 1. The Hall–Kier alpha value is -0.570. The molecule has 0 aliphatic rings. The Morgan fingerprint density at radius 1 is 1.55 bits per heavy atom. The topological polar surface area (TPSA) is 46.5 Å². The molecule has 3 heteroatoms. The van der Waals surface area contributed by atoms with Gasteiger partial charge in [-0.1, -0.05) is 6.92 Å². The molecule has 0 aromatic carbocycles. The maximum absolute atomic E-state index is 9.82. The van der Waals surface area contributed by atoms with E-state index in [-0.39, 0.29) is 12.1 Å². The van der Waals surface area contributed by atoms with Crippen molar-refractivity contribution in [2.75, 3.05) is 6.61 Å². The van der Waals surface area contributed by atoms with Crippen molar-refractivity contribution in [3.63, 3.8) is 0 Å². The normalized spacial score (nSPS) is 11.0. The third-order valence-electron chi connectivity index (χ3n) is 0.938. The van der Waals surface area contributed by atoms with Crippen molar-refractivity contribution in [2.45, 2.75) is 40.2 Å². The number of hydrogen-bond donors (Lipinski definition) is 1. The van der Waals surface area contributed by atoms with Gasteiger partial charge >= 0.3 is 5.97 Å². The van der Waals surface area contributed by atoms with E-state index in [0.717, 1.165) is 6.42 Å². The summed E-state index contributed by atoms with van der Waals surface area (Å²) < 4.78 is 4.40. The molecule has 1 atom stereocenters. The summed E-state index contributed by atoms with van der Waals surface area (Å²) in [6.45, 7) is 7.38. The van der Waals surface area contributed by atoms with Gasteiger partial charge in [0.05, 0.1) is 12.7 Å². The average molecular weight is 162 g/mol. The first-order valence-corrected chi connectivity index (χ1v) is 3.85. The van der Waals surface area contributed by atoms with Crippen LogP contribution < -0.4 is 0 Å². The highest BCUT2D eigenvalue weighted by Gasteiger charge is 1.82. The molecule has 1 unspecified atom stereocenters. The summed E-state index contributed by atoms with van der Waals surface area (Å²) in [6.07, 6.45) is 0.745. The van der Waals surface area contributed by atoms with E-state index in [1.165, 1.54) is 6.92 Å². The molecule has 0 bridgehead atoms. The Bertz CT molecular complexity index is 89.3. The van der Waals surface area contributed by atoms with E-state index < -0.39 is 0 Å². The van der Waals surface area contributed by atoms with Gasteiger partial charge in [-0.25, -0.2) is 0 Å². The van der Waals surface area contributed by atoms with E-state index in [1.54, 1.807) is 13.8 Å². The summed E-state index contributed by atoms with van der Waals surface area (Å²) in [5.74, 6) is -0.211. The van der Waals surface area contributed by atoms with Crippen LogP contribution >= 0.6 is 0 Å². The Kier molecular flexibility index (Phi) is 11.2.